The summed E-state index contributed by atoms with van der Waals surface area (Å²) in [6, 6.07) is 0.477. The number of rotatable bonds is 7. The van der Waals surface area contributed by atoms with Crippen LogP contribution in [0.4, 0.5) is 0 Å². The van der Waals surface area contributed by atoms with Crippen LogP contribution in [0.2, 0.25) is 0 Å². The Morgan fingerprint density at radius 3 is 2.09 bits per heavy atom. The molecule has 0 aromatic carbocycles. The summed E-state index contributed by atoms with van der Waals surface area (Å²) < 4.78 is 0. The molecule has 1 rings (SSSR count). The molecule has 0 bridgehead atoms. The first-order chi connectivity index (χ1) is 10.5. The van der Waals surface area contributed by atoms with Gasteiger partial charge in [0.1, 0.15) is 0 Å². The zero-order chi connectivity index (χ0) is 16.4. The third-order valence-electron chi connectivity index (χ3n) is 4.24. The van der Waals surface area contributed by atoms with E-state index in [9.17, 15) is 9.59 Å². The predicted octanol–water partition coefficient (Wildman–Crippen LogP) is 0.645. The molecule has 1 unspecified atom stereocenters. The van der Waals surface area contributed by atoms with Crippen molar-refractivity contribution in [3.8, 4) is 0 Å². The third-order valence-corrected chi connectivity index (χ3v) is 4.24. The molecule has 0 heterocycles. The van der Waals surface area contributed by atoms with Gasteiger partial charge in [0.05, 0.1) is 6.54 Å². The Kier molecular flexibility index (Phi) is 9.13. The minimum Gasteiger partial charge on any atom is -0.349 e. The van der Waals surface area contributed by atoms with Gasteiger partial charge in [0.25, 0.3) is 11.8 Å². The molecule has 1 atom stereocenters. The first kappa shape index (κ1) is 18.9. The topological polar surface area (TPSA) is 62.6 Å². The van der Waals surface area contributed by atoms with Gasteiger partial charge >= 0.3 is 0 Å². The third kappa shape index (κ3) is 8.37. The summed E-state index contributed by atoms with van der Waals surface area (Å²) in [6.45, 7) is 7.45. The van der Waals surface area contributed by atoms with Crippen molar-refractivity contribution in [1.29, 1.82) is 0 Å². The van der Waals surface area contributed by atoms with Crippen LogP contribution in [0.3, 0.4) is 0 Å². The molecule has 2 amide bonds. The molecule has 1 saturated carbocycles. The molecule has 0 aromatic rings. The Hall–Kier alpha value is -1.10. The highest BCUT2D eigenvalue weighted by Gasteiger charge is 2.19. The van der Waals surface area contributed by atoms with Crippen LogP contribution in [0, 0.1) is 0 Å². The largest absolute Gasteiger partial charge is 0.349 e. The number of amides is 2. The normalized spacial score (nSPS) is 18.4. The Balaban J connectivity index is 2.35. The molecule has 5 nitrogen and oxygen atoms in total. The van der Waals surface area contributed by atoms with Gasteiger partial charge in [-0.25, -0.2) is 0 Å². The summed E-state index contributed by atoms with van der Waals surface area (Å²) in [5.41, 5.74) is 0. The van der Waals surface area contributed by atoms with E-state index in [2.05, 4.69) is 10.6 Å². The summed E-state index contributed by atoms with van der Waals surface area (Å²) in [4.78, 5) is 25.0. The van der Waals surface area contributed by atoms with Gasteiger partial charge in [-0.15, -0.1) is 0 Å². The maximum atomic E-state index is 12.2. The first-order valence-electron chi connectivity index (χ1n) is 8.93. The van der Waals surface area contributed by atoms with Crippen molar-refractivity contribution in [2.45, 2.75) is 77.8 Å². The molecule has 1 fully saturated rings. The van der Waals surface area contributed by atoms with Crippen LogP contribution in [0.25, 0.3) is 0 Å². The van der Waals surface area contributed by atoms with E-state index in [-0.39, 0.29) is 17.9 Å². The van der Waals surface area contributed by atoms with Crippen LogP contribution in [-0.4, -0.2) is 43.5 Å². The van der Waals surface area contributed by atoms with Gasteiger partial charge in [-0.1, -0.05) is 32.1 Å². The van der Waals surface area contributed by atoms with Crippen molar-refractivity contribution in [2.75, 3.05) is 19.6 Å². The molecule has 1 aliphatic carbocycles. The lowest BCUT2D eigenvalue weighted by atomic mass is 9.97. The van der Waals surface area contributed by atoms with E-state index in [4.69, 9.17) is 0 Å². The standard InChI is InChI=1S/C17H33N3O2/c1-4-20(12-16(21)18-14(2)3)13-17(22)19-15-10-8-6-5-7-9-11-15/h14-15H,4-13H2,1-3H3,(H,18,21)(H,19,22)/p+1. The van der Waals surface area contributed by atoms with Crippen LogP contribution in [0.1, 0.15) is 65.7 Å². The summed E-state index contributed by atoms with van der Waals surface area (Å²) in [6.07, 6.45) is 8.53. The Morgan fingerprint density at radius 2 is 1.55 bits per heavy atom. The fraction of sp³-hybridized carbons (Fsp3) is 0.882. The highest BCUT2D eigenvalue weighted by molar-refractivity contribution is 5.79. The number of quaternary nitrogens is 1. The molecule has 0 radical (unpaired) electrons. The molecule has 0 aliphatic heterocycles. The molecular weight excluding hydrogens is 278 g/mol. The van der Waals surface area contributed by atoms with Gasteiger partial charge in [0.15, 0.2) is 13.1 Å². The lowest BCUT2D eigenvalue weighted by molar-refractivity contribution is -0.881. The molecule has 0 aromatic heterocycles. The van der Waals surface area contributed by atoms with E-state index < -0.39 is 0 Å². The summed E-state index contributed by atoms with van der Waals surface area (Å²) in [7, 11) is 0. The molecular formula is C17H34N3O2+. The molecule has 0 spiro atoms. The van der Waals surface area contributed by atoms with Crippen molar-refractivity contribution in [3.63, 3.8) is 0 Å². The van der Waals surface area contributed by atoms with Crippen LogP contribution in [-0.2, 0) is 9.59 Å². The average Bonchev–Trinajstić information content (AvgIpc) is 2.40. The monoisotopic (exact) mass is 312 g/mol. The Labute approximate surface area is 135 Å². The highest BCUT2D eigenvalue weighted by Crippen LogP contribution is 2.16. The Morgan fingerprint density at radius 1 is 1.00 bits per heavy atom. The Bertz CT molecular complexity index is 337. The molecule has 128 valence electrons. The zero-order valence-electron chi connectivity index (χ0n) is 14.5. The number of likely N-dealkylation sites (N-methyl/N-ethyl adjacent to an activating group) is 1. The molecule has 0 saturated heterocycles. The van der Waals surface area contributed by atoms with Gasteiger partial charge in [-0.2, -0.15) is 0 Å². The highest BCUT2D eigenvalue weighted by atomic mass is 16.2. The van der Waals surface area contributed by atoms with E-state index in [1.54, 1.807) is 0 Å². The van der Waals surface area contributed by atoms with Gasteiger partial charge in [0, 0.05) is 12.1 Å². The van der Waals surface area contributed by atoms with Crippen LogP contribution in [0.15, 0.2) is 0 Å². The molecule has 22 heavy (non-hydrogen) atoms. The van der Waals surface area contributed by atoms with E-state index in [1.165, 1.54) is 32.1 Å². The lowest BCUT2D eigenvalue weighted by Crippen LogP contribution is -3.14. The molecule has 1 aliphatic rings. The van der Waals surface area contributed by atoms with Crippen molar-refractivity contribution >= 4 is 11.8 Å². The zero-order valence-corrected chi connectivity index (χ0v) is 14.5. The summed E-state index contributed by atoms with van der Waals surface area (Å²) in [5.74, 6) is 0.102. The van der Waals surface area contributed by atoms with E-state index >= 15 is 0 Å². The van der Waals surface area contributed by atoms with Gasteiger partial charge in [0.2, 0.25) is 0 Å². The first-order valence-corrected chi connectivity index (χ1v) is 8.93. The maximum Gasteiger partial charge on any atom is 0.275 e. The van der Waals surface area contributed by atoms with Crippen LogP contribution in [0.5, 0.6) is 0 Å². The van der Waals surface area contributed by atoms with Gasteiger partial charge in [-0.3, -0.25) is 9.59 Å². The number of nitrogens with one attached hydrogen (secondary N) is 3. The van der Waals surface area contributed by atoms with Gasteiger partial charge in [-0.05, 0) is 33.6 Å². The smallest absolute Gasteiger partial charge is 0.275 e. The lowest BCUT2D eigenvalue weighted by Gasteiger charge is -2.23. The van der Waals surface area contributed by atoms with Crippen molar-refractivity contribution in [1.82, 2.24) is 10.6 Å². The predicted molar refractivity (Wildman–Crippen MR) is 88.8 cm³/mol. The fourth-order valence-electron chi connectivity index (χ4n) is 3.02. The number of carbonyl (C=O) groups excluding carboxylic acids is 2. The van der Waals surface area contributed by atoms with Gasteiger partial charge < -0.3 is 15.5 Å². The van der Waals surface area contributed by atoms with Crippen molar-refractivity contribution in [3.05, 3.63) is 0 Å². The number of hydrogen-bond donors (Lipinski definition) is 3. The van der Waals surface area contributed by atoms with Crippen LogP contribution >= 0.6 is 0 Å². The minimum absolute atomic E-state index is 0.0191. The van der Waals surface area contributed by atoms with E-state index in [1.807, 2.05) is 20.8 Å². The summed E-state index contributed by atoms with van der Waals surface area (Å²) >= 11 is 0. The second-order valence-corrected chi connectivity index (χ2v) is 6.79. The van der Waals surface area contributed by atoms with E-state index in [0.29, 0.717) is 19.1 Å². The SMILES string of the molecule is CC[NH+](CC(=O)NC(C)C)CC(=O)NC1CCCCCCC1. The second-order valence-electron chi connectivity index (χ2n) is 6.79. The van der Waals surface area contributed by atoms with Crippen LogP contribution < -0.4 is 15.5 Å². The van der Waals surface area contributed by atoms with E-state index in [0.717, 1.165) is 24.3 Å². The maximum absolute atomic E-state index is 12.2. The number of hydrogen-bond acceptors (Lipinski definition) is 2. The minimum atomic E-state index is 0.0191. The molecule has 5 heteroatoms. The summed E-state index contributed by atoms with van der Waals surface area (Å²) in [5, 5.41) is 6.06. The second kappa shape index (κ2) is 10.6. The quantitative estimate of drug-likeness (QED) is 0.646. The van der Waals surface area contributed by atoms with Crippen molar-refractivity contribution in [2.24, 2.45) is 0 Å². The fourth-order valence-corrected chi connectivity index (χ4v) is 3.02. The number of carbonyl (C=O) groups is 2. The molecule has 3 N–H and O–H groups in total. The average molecular weight is 312 g/mol. The van der Waals surface area contributed by atoms with Crippen molar-refractivity contribution < 1.29 is 14.5 Å².